The molecule has 0 saturated carbocycles. The largest absolute Gasteiger partial charge is 0.364 e. The minimum Gasteiger partial charge on any atom is -0.364 e. The highest BCUT2D eigenvalue weighted by Crippen LogP contribution is 2.37. The summed E-state index contributed by atoms with van der Waals surface area (Å²) in [7, 11) is 0. The van der Waals surface area contributed by atoms with Crippen LogP contribution in [0, 0.1) is 0 Å². The molecule has 0 spiro atoms. The van der Waals surface area contributed by atoms with E-state index in [1.807, 2.05) is 56.3 Å². The maximum Gasteiger partial charge on any atom is 0.349 e. The summed E-state index contributed by atoms with van der Waals surface area (Å²) in [6.45, 7) is 7.41. The van der Waals surface area contributed by atoms with Gasteiger partial charge in [-0.25, -0.2) is 4.79 Å². The number of hydrogen-bond acceptors (Lipinski definition) is 3. The van der Waals surface area contributed by atoms with E-state index in [2.05, 4.69) is 31.2 Å². The SMILES string of the molecule is CCN(CC)OC(=O)C=CC(CC)(c1ccccc1)c1ccccc1. The van der Waals surface area contributed by atoms with Gasteiger partial charge in [0.15, 0.2) is 0 Å². The van der Waals surface area contributed by atoms with Crippen molar-refractivity contribution in [3.8, 4) is 0 Å². The molecular formula is C22H27NO2. The van der Waals surface area contributed by atoms with Gasteiger partial charge in [0.25, 0.3) is 0 Å². The van der Waals surface area contributed by atoms with Crippen LogP contribution < -0.4 is 0 Å². The van der Waals surface area contributed by atoms with Gasteiger partial charge in [-0.1, -0.05) is 73.7 Å². The second-order valence-corrected chi connectivity index (χ2v) is 5.91. The Hall–Kier alpha value is -2.39. The normalized spacial score (nSPS) is 11.8. The molecule has 2 rings (SSSR count). The monoisotopic (exact) mass is 337 g/mol. The Kier molecular flexibility index (Phi) is 6.96. The van der Waals surface area contributed by atoms with E-state index in [1.165, 1.54) is 0 Å². The van der Waals surface area contributed by atoms with Gasteiger partial charge < -0.3 is 4.84 Å². The maximum absolute atomic E-state index is 12.2. The van der Waals surface area contributed by atoms with Crippen molar-refractivity contribution in [2.75, 3.05) is 13.1 Å². The molecule has 0 atom stereocenters. The first-order valence-corrected chi connectivity index (χ1v) is 8.93. The van der Waals surface area contributed by atoms with Gasteiger partial charge in [-0.05, 0) is 31.4 Å². The summed E-state index contributed by atoms with van der Waals surface area (Å²) >= 11 is 0. The second kappa shape index (κ2) is 9.19. The molecule has 0 aromatic heterocycles. The number of carbonyl (C=O) groups is 1. The fraction of sp³-hybridized carbons (Fsp3) is 0.318. The second-order valence-electron chi connectivity index (χ2n) is 5.91. The zero-order chi connectivity index (χ0) is 18.1. The van der Waals surface area contributed by atoms with Crippen molar-refractivity contribution < 1.29 is 9.63 Å². The first-order valence-electron chi connectivity index (χ1n) is 8.93. The molecule has 0 aliphatic carbocycles. The molecule has 3 heteroatoms. The number of nitrogens with zero attached hydrogens (tertiary/aromatic N) is 1. The van der Waals surface area contributed by atoms with Crippen LogP contribution >= 0.6 is 0 Å². The molecular weight excluding hydrogens is 310 g/mol. The Balaban J connectivity index is 2.39. The first kappa shape index (κ1) is 18.9. The minimum absolute atomic E-state index is 0.339. The van der Waals surface area contributed by atoms with Crippen molar-refractivity contribution in [2.24, 2.45) is 0 Å². The zero-order valence-electron chi connectivity index (χ0n) is 15.3. The molecule has 0 unspecified atom stereocenters. The molecule has 2 aromatic carbocycles. The molecule has 25 heavy (non-hydrogen) atoms. The molecule has 2 aromatic rings. The predicted molar refractivity (Wildman–Crippen MR) is 102 cm³/mol. The summed E-state index contributed by atoms with van der Waals surface area (Å²) in [6.07, 6.45) is 4.38. The van der Waals surface area contributed by atoms with Crippen LogP contribution in [-0.2, 0) is 15.0 Å². The van der Waals surface area contributed by atoms with Crippen LogP contribution in [0.2, 0.25) is 0 Å². The fourth-order valence-corrected chi connectivity index (χ4v) is 3.08. The molecule has 0 heterocycles. The number of hydroxylamine groups is 2. The number of hydrogen-bond donors (Lipinski definition) is 0. The summed E-state index contributed by atoms with van der Waals surface area (Å²) in [6, 6.07) is 20.6. The predicted octanol–water partition coefficient (Wildman–Crippen LogP) is 4.74. The highest BCUT2D eigenvalue weighted by molar-refractivity contribution is 5.82. The molecule has 0 aliphatic rings. The standard InChI is InChI=1S/C22H27NO2/c1-4-22(19-13-9-7-10-14-19,20-15-11-8-12-16-20)18-17-21(24)25-23(5-2)6-3/h7-18H,4-6H2,1-3H3. The van der Waals surface area contributed by atoms with Crippen LogP contribution in [0.15, 0.2) is 72.8 Å². The summed E-state index contributed by atoms with van der Waals surface area (Å²) in [5, 5.41) is 1.64. The van der Waals surface area contributed by atoms with Crippen molar-refractivity contribution in [1.82, 2.24) is 5.06 Å². The summed E-state index contributed by atoms with van der Waals surface area (Å²) < 4.78 is 0. The van der Waals surface area contributed by atoms with Gasteiger partial charge in [-0.15, -0.1) is 5.06 Å². The van der Waals surface area contributed by atoms with E-state index in [-0.39, 0.29) is 11.4 Å². The van der Waals surface area contributed by atoms with Crippen molar-refractivity contribution in [1.29, 1.82) is 0 Å². The fourth-order valence-electron chi connectivity index (χ4n) is 3.08. The van der Waals surface area contributed by atoms with Crippen LogP contribution in [-0.4, -0.2) is 24.1 Å². The van der Waals surface area contributed by atoms with Gasteiger partial charge in [0.05, 0.1) is 0 Å². The third-order valence-electron chi connectivity index (χ3n) is 4.56. The van der Waals surface area contributed by atoms with E-state index < -0.39 is 0 Å². The lowest BCUT2D eigenvalue weighted by atomic mass is 9.72. The molecule has 0 aliphatic heterocycles. The molecule has 0 saturated heterocycles. The highest BCUT2D eigenvalue weighted by atomic mass is 16.7. The third-order valence-corrected chi connectivity index (χ3v) is 4.56. The van der Waals surface area contributed by atoms with E-state index in [0.29, 0.717) is 13.1 Å². The number of rotatable bonds is 8. The molecule has 0 bridgehead atoms. The lowest BCUT2D eigenvalue weighted by molar-refractivity contribution is -0.182. The van der Waals surface area contributed by atoms with Crippen molar-refractivity contribution in [2.45, 2.75) is 32.6 Å². The number of benzene rings is 2. The lowest BCUT2D eigenvalue weighted by Gasteiger charge is -2.31. The summed E-state index contributed by atoms with van der Waals surface area (Å²) in [4.78, 5) is 17.6. The minimum atomic E-state index is -0.356. The van der Waals surface area contributed by atoms with Gasteiger partial charge in [0.2, 0.25) is 0 Å². The van der Waals surface area contributed by atoms with Crippen LogP contribution in [0.1, 0.15) is 38.3 Å². The van der Waals surface area contributed by atoms with Gasteiger partial charge >= 0.3 is 5.97 Å². The maximum atomic E-state index is 12.2. The molecule has 0 amide bonds. The van der Waals surface area contributed by atoms with Crippen LogP contribution in [0.25, 0.3) is 0 Å². The smallest absolute Gasteiger partial charge is 0.349 e. The molecule has 3 nitrogen and oxygen atoms in total. The van der Waals surface area contributed by atoms with Crippen LogP contribution in [0.5, 0.6) is 0 Å². The number of allylic oxidation sites excluding steroid dienone is 1. The van der Waals surface area contributed by atoms with Gasteiger partial charge in [0, 0.05) is 24.6 Å². The average Bonchev–Trinajstić information content (AvgIpc) is 2.68. The van der Waals surface area contributed by atoms with Crippen molar-refractivity contribution in [3.05, 3.63) is 83.9 Å². The zero-order valence-corrected chi connectivity index (χ0v) is 15.3. The van der Waals surface area contributed by atoms with Gasteiger partial charge in [-0.2, -0.15) is 0 Å². The van der Waals surface area contributed by atoms with E-state index in [9.17, 15) is 4.79 Å². The molecule has 0 radical (unpaired) electrons. The number of carbonyl (C=O) groups excluding carboxylic acids is 1. The molecule has 132 valence electrons. The first-order chi connectivity index (χ1) is 12.2. The quantitative estimate of drug-likeness (QED) is 0.515. The van der Waals surface area contributed by atoms with Crippen LogP contribution in [0.3, 0.4) is 0 Å². The summed E-state index contributed by atoms with van der Waals surface area (Å²) in [5.74, 6) is -0.339. The van der Waals surface area contributed by atoms with Crippen molar-refractivity contribution in [3.63, 3.8) is 0 Å². The Morgan fingerprint density at radius 2 is 1.40 bits per heavy atom. The molecule has 0 fully saturated rings. The van der Waals surface area contributed by atoms with Crippen molar-refractivity contribution >= 4 is 5.97 Å². The van der Waals surface area contributed by atoms with Gasteiger partial charge in [-0.3, -0.25) is 0 Å². The third kappa shape index (κ3) is 4.58. The van der Waals surface area contributed by atoms with Gasteiger partial charge in [0.1, 0.15) is 0 Å². The Morgan fingerprint density at radius 3 is 1.80 bits per heavy atom. The molecule has 0 N–H and O–H groups in total. The summed E-state index contributed by atoms with van der Waals surface area (Å²) in [5.41, 5.74) is 1.97. The van der Waals surface area contributed by atoms with E-state index in [4.69, 9.17) is 4.84 Å². The van der Waals surface area contributed by atoms with Crippen LogP contribution in [0.4, 0.5) is 0 Å². The lowest BCUT2D eigenvalue weighted by Crippen LogP contribution is -2.27. The van der Waals surface area contributed by atoms with E-state index >= 15 is 0 Å². The average molecular weight is 337 g/mol. The Labute approximate surface area is 150 Å². The van der Waals surface area contributed by atoms with E-state index in [0.717, 1.165) is 17.5 Å². The Bertz CT molecular complexity index is 636. The highest BCUT2D eigenvalue weighted by Gasteiger charge is 2.29. The topological polar surface area (TPSA) is 29.5 Å². The van der Waals surface area contributed by atoms with E-state index in [1.54, 1.807) is 11.1 Å². The Morgan fingerprint density at radius 1 is 0.920 bits per heavy atom.